The SMILES string of the molecule is Nc1ccc(CNC(=O)C2CCN(S(=O)(=O)c3cc(Cl)cc(Cl)c3)CC2)cc1. The number of carbonyl (C=O) groups is 1. The summed E-state index contributed by atoms with van der Waals surface area (Å²) >= 11 is 11.9. The number of hydrogen-bond donors (Lipinski definition) is 2. The average molecular weight is 442 g/mol. The van der Waals surface area contributed by atoms with Crippen molar-refractivity contribution in [3.05, 3.63) is 58.1 Å². The van der Waals surface area contributed by atoms with Crippen LogP contribution >= 0.6 is 23.2 Å². The number of nitrogens with one attached hydrogen (secondary N) is 1. The van der Waals surface area contributed by atoms with E-state index in [9.17, 15) is 13.2 Å². The first-order valence-corrected chi connectivity index (χ1v) is 11.0. The summed E-state index contributed by atoms with van der Waals surface area (Å²) in [6.07, 6.45) is 0.919. The van der Waals surface area contributed by atoms with Gasteiger partial charge in [0.2, 0.25) is 15.9 Å². The lowest BCUT2D eigenvalue weighted by Gasteiger charge is -2.30. The maximum Gasteiger partial charge on any atom is 0.243 e. The van der Waals surface area contributed by atoms with E-state index in [0.717, 1.165) is 5.56 Å². The topological polar surface area (TPSA) is 92.5 Å². The quantitative estimate of drug-likeness (QED) is 0.696. The second-order valence-corrected chi connectivity index (χ2v) is 9.55. The third-order valence-electron chi connectivity index (χ3n) is 4.75. The van der Waals surface area contributed by atoms with Crippen molar-refractivity contribution in [2.24, 2.45) is 5.92 Å². The fourth-order valence-corrected chi connectivity index (χ4v) is 5.35. The molecule has 0 atom stereocenters. The van der Waals surface area contributed by atoms with Crippen LogP contribution in [0, 0.1) is 5.92 Å². The molecular formula is C19H21Cl2N3O3S. The predicted molar refractivity (Wildman–Crippen MR) is 111 cm³/mol. The number of nitrogen functional groups attached to an aromatic ring is 1. The van der Waals surface area contributed by atoms with Crippen molar-refractivity contribution in [2.45, 2.75) is 24.3 Å². The van der Waals surface area contributed by atoms with E-state index < -0.39 is 10.0 Å². The number of anilines is 1. The van der Waals surface area contributed by atoms with Crippen molar-refractivity contribution in [2.75, 3.05) is 18.8 Å². The summed E-state index contributed by atoms with van der Waals surface area (Å²) in [5.41, 5.74) is 7.28. The fourth-order valence-electron chi connectivity index (χ4n) is 3.15. The Labute approximate surface area is 174 Å². The van der Waals surface area contributed by atoms with Gasteiger partial charge in [0.15, 0.2) is 0 Å². The Morgan fingerprint density at radius 3 is 2.21 bits per heavy atom. The van der Waals surface area contributed by atoms with Crippen molar-refractivity contribution in [1.29, 1.82) is 0 Å². The Balaban J connectivity index is 1.57. The number of halogens is 2. The lowest BCUT2D eigenvalue weighted by Crippen LogP contribution is -2.42. The van der Waals surface area contributed by atoms with Crippen LogP contribution in [0.25, 0.3) is 0 Å². The number of piperidine rings is 1. The summed E-state index contributed by atoms with van der Waals surface area (Å²) in [6.45, 7) is 0.956. The number of rotatable bonds is 5. The number of benzene rings is 2. The predicted octanol–water partition coefficient (Wildman–Crippen LogP) is 3.29. The molecular weight excluding hydrogens is 421 g/mol. The number of hydrogen-bond acceptors (Lipinski definition) is 4. The van der Waals surface area contributed by atoms with E-state index in [1.165, 1.54) is 22.5 Å². The second-order valence-electron chi connectivity index (χ2n) is 6.74. The van der Waals surface area contributed by atoms with E-state index in [4.69, 9.17) is 28.9 Å². The van der Waals surface area contributed by atoms with Crippen molar-refractivity contribution >= 4 is 44.8 Å². The third-order valence-corrected chi connectivity index (χ3v) is 7.06. The molecule has 2 aromatic rings. The molecule has 1 aliphatic rings. The van der Waals surface area contributed by atoms with E-state index in [2.05, 4.69) is 5.32 Å². The number of amides is 1. The minimum Gasteiger partial charge on any atom is -0.399 e. The van der Waals surface area contributed by atoms with Gasteiger partial charge < -0.3 is 11.1 Å². The lowest BCUT2D eigenvalue weighted by molar-refractivity contribution is -0.126. The normalized spacial score (nSPS) is 16.1. The summed E-state index contributed by atoms with van der Waals surface area (Å²) in [6, 6.07) is 11.5. The van der Waals surface area contributed by atoms with Crippen LogP contribution in [-0.2, 0) is 21.4 Å². The summed E-state index contributed by atoms with van der Waals surface area (Å²) in [4.78, 5) is 12.5. The molecule has 28 heavy (non-hydrogen) atoms. The molecule has 0 radical (unpaired) electrons. The highest BCUT2D eigenvalue weighted by Crippen LogP contribution is 2.28. The molecule has 3 N–H and O–H groups in total. The van der Waals surface area contributed by atoms with Crippen LogP contribution in [0.2, 0.25) is 10.0 Å². The van der Waals surface area contributed by atoms with Crippen LogP contribution < -0.4 is 11.1 Å². The van der Waals surface area contributed by atoms with Gasteiger partial charge in [-0.1, -0.05) is 35.3 Å². The molecule has 0 aliphatic carbocycles. The first-order valence-electron chi connectivity index (χ1n) is 8.84. The van der Waals surface area contributed by atoms with Crippen LogP contribution in [0.1, 0.15) is 18.4 Å². The Bertz CT molecular complexity index is 937. The molecule has 0 saturated carbocycles. The summed E-state index contributed by atoms with van der Waals surface area (Å²) < 4.78 is 27.0. The largest absolute Gasteiger partial charge is 0.399 e. The van der Waals surface area contributed by atoms with Crippen LogP contribution in [0.3, 0.4) is 0 Å². The van der Waals surface area contributed by atoms with E-state index in [1.54, 1.807) is 12.1 Å². The Morgan fingerprint density at radius 1 is 1.07 bits per heavy atom. The van der Waals surface area contributed by atoms with Crippen molar-refractivity contribution in [3.8, 4) is 0 Å². The number of nitrogens with two attached hydrogens (primary N) is 1. The van der Waals surface area contributed by atoms with Gasteiger partial charge in [0.25, 0.3) is 0 Å². The van der Waals surface area contributed by atoms with Gasteiger partial charge in [-0.05, 0) is 48.7 Å². The smallest absolute Gasteiger partial charge is 0.243 e. The Kier molecular flexibility index (Phi) is 6.50. The van der Waals surface area contributed by atoms with Gasteiger partial charge in [-0.25, -0.2) is 8.42 Å². The molecule has 6 nitrogen and oxygen atoms in total. The Morgan fingerprint density at radius 2 is 1.64 bits per heavy atom. The van der Waals surface area contributed by atoms with Gasteiger partial charge in [-0.2, -0.15) is 4.31 Å². The van der Waals surface area contributed by atoms with Gasteiger partial charge >= 0.3 is 0 Å². The molecule has 0 bridgehead atoms. The Hall–Kier alpha value is -1.80. The molecule has 1 heterocycles. The van der Waals surface area contributed by atoms with Crippen LogP contribution in [-0.4, -0.2) is 31.7 Å². The molecule has 0 spiro atoms. The van der Waals surface area contributed by atoms with Crippen LogP contribution in [0.4, 0.5) is 5.69 Å². The van der Waals surface area contributed by atoms with E-state index >= 15 is 0 Å². The number of sulfonamides is 1. The first-order chi connectivity index (χ1) is 13.3. The lowest BCUT2D eigenvalue weighted by atomic mass is 9.97. The second kappa shape index (κ2) is 8.69. The fraction of sp³-hybridized carbons (Fsp3) is 0.316. The van der Waals surface area contributed by atoms with Crippen molar-refractivity contribution in [3.63, 3.8) is 0 Å². The molecule has 2 aromatic carbocycles. The van der Waals surface area contributed by atoms with Gasteiger partial charge in [0.1, 0.15) is 0 Å². The first kappa shape index (κ1) is 20.9. The van der Waals surface area contributed by atoms with Crippen molar-refractivity contribution in [1.82, 2.24) is 9.62 Å². The van der Waals surface area contributed by atoms with Crippen LogP contribution in [0.5, 0.6) is 0 Å². The zero-order chi connectivity index (χ0) is 20.3. The van der Waals surface area contributed by atoms with Crippen LogP contribution in [0.15, 0.2) is 47.4 Å². The molecule has 0 aromatic heterocycles. The van der Waals surface area contributed by atoms with Gasteiger partial charge in [-0.3, -0.25) is 4.79 Å². The summed E-state index contributed by atoms with van der Waals surface area (Å²) in [5, 5.41) is 3.44. The maximum absolute atomic E-state index is 12.8. The molecule has 1 fully saturated rings. The summed E-state index contributed by atoms with van der Waals surface area (Å²) in [5.74, 6) is -0.289. The van der Waals surface area contributed by atoms with Gasteiger partial charge in [0, 0.05) is 41.3 Å². The van der Waals surface area contributed by atoms with E-state index in [1.807, 2.05) is 12.1 Å². The molecule has 3 rings (SSSR count). The highest BCUT2D eigenvalue weighted by atomic mass is 35.5. The van der Waals surface area contributed by atoms with E-state index in [0.29, 0.717) is 25.1 Å². The maximum atomic E-state index is 12.8. The number of nitrogens with zero attached hydrogens (tertiary/aromatic N) is 1. The van der Waals surface area contributed by atoms with Gasteiger partial charge in [0.05, 0.1) is 4.90 Å². The monoisotopic (exact) mass is 441 g/mol. The molecule has 1 aliphatic heterocycles. The molecule has 0 unspecified atom stereocenters. The highest BCUT2D eigenvalue weighted by molar-refractivity contribution is 7.89. The van der Waals surface area contributed by atoms with Crippen molar-refractivity contribution < 1.29 is 13.2 Å². The zero-order valence-electron chi connectivity index (χ0n) is 15.1. The average Bonchev–Trinajstić information content (AvgIpc) is 2.66. The minimum absolute atomic E-state index is 0.0660. The standard InChI is InChI=1S/C19H21Cl2N3O3S/c20-15-9-16(21)11-18(10-15)28(26,27)24-7-5-14(6-8-24)19(25)23-12-13-1-3-17(22)4-2-13/h1-4,9-11,14H,5-8,12,22H2,(H,23,25). The van der Waals surface area contributed by atoms with Gasteiger partial charge in [-0.15, -0.1) is 0 Å². The number of carbonyl (C=O) groups excluding carboxylic acids is 1. The molecule has 1 amide bonds. The molecule has 1 saturated heterocycles. The summed E-state index contributed by atoms with van der Waals surface area (Å²) in [7, 11) is -3.69. The molecule has 9 heteroatoms. The minimum atomic E-state index is -3.69. The van der Waals surface area contributed by atoms with E-state index in [-0.39, 0.29) is 39.9 Å². The third kappa shape index (κ3) is 4.97. The highest BCUT2D eigenvalue weighted by Gasteiger charge is 2.32. The zero-order valence-corrected chi connectivity index (χ0v) is 17.4. The molecule has 150 valence electrons.